The Bertz CT molecular complexity index is 1350. The molecule has 0 atom stereocenters. The highest BCUT2D eigenvalue weighted by atomic mass is 32.2. The molecule has 8 heteroatoms. The van der Waals surface area contributed by atoms with Crippen LogP contribution < -0.4 is 9.46 Å². The highest BCUT2D eigenvalue weighted by Gasteiger charge is 2.26. The Morgan fingerprint density at radius 3 is 2.40 bits per heavy atom. The number of anilines is 1. The monoisotopic (exact) mass is 425 g/mol. The van der Waals surface area contributed by atoms with Gasteiger partial charge in [-0.25, -0.2) is 12.8 Å². The lowest BCUT2D eigenvalue weighted by Gasteiger charge is -2.10. The number of sulfonamides is 1. The molecule has 0 aliphatic heterocycles. The molecule has 0 fully saturated rings. The van der Waals surface area contributed by atoms with E-state index in [-0.39, 0.29) is 22.1 Å². The van der Waals surface area contributed by atoms with E-state index in [2.05, 4.69) is 4.72 Å². The summed E-state index contributed by atoms with van der Waals surface area (Å²) < 4.78 is 52.8. The van der Waals surface area contributed by atoms with Crippen LogP contribution in [0, 0.1) is 5.82 Å². The van der Waals surface area contributed by atoms with Gasteiger partial charge in [-0.2, -0.15) is 0 Å². The van der Waals surface area contributed by atoms with Crippen LogP contribution in [-0.4, -0.2) is 21.3 Å². The van der Waals surface area contributed by atoms with Crippen molar-refractivity contribution < 1.29 is 26.8 Å². The predicted molar refractivity (Wildman–Crippen MR) is 110 cm³/mol. The first kappa shape index (κ1) is 19.7. The molecule has 0 bridgehead atoms. The van der Waals surface area contributed by atoms with Gasteiger partial charge in [-0.05, 0) is 30.3 Å². The van der Waals surface area contributed by atoms with Crippen LogP contribution in [0.1, 0.15) is 16.1 Å². The molecule has 30 heavy (non-hydrogen) atoms. The Kier molecular flexibility index (Phi) is 5.01. The number of benzene rings is 3. The Morgan fingerprint density at radius 2 is 1.70 bits per heavy atom. The minimum atomic E-state index is -4.22. The van der Waals surface area contributed by atoms with Crippen molar-refractivity contribution in [3.05, 3.63) is 89.9 Å². The molecule has 0 unspecified atom stereocenters. The Morgan fingerprint density at radius 1 is 1.00 bits per heavy atom. The highest BCUT2D eigenvalue weighted by Crippen LogP contribution is 2.34. The molecule has 4 rings (SSSR count). The van der Waals surface area contributed by atoms with Crippen LogP contribution in [0.25, 0.3) is 11.0 Å². The standard InChI is InChI=1S/C22H16FNO5S/c1-28-19-12-11-15(13-17(19)23)30(26,27)24-20-16-9-5-6-10-18(16)29-22(20)21(25)14-7-3-2-4-8-14/h2-13,24H,1H3. The quantitative estimate of drug-likeness (QED) is 0.456. The van der Waals surface area contributed by atoms with Crippen LogP contribution in [0.15, 0.2) is 82.1 Å². The van der Waals surface area contributed by atoms with E-state index in [0.29, 0.717) is 16.5 Å². The maximum atomic E-state index is 14.1. The molecule has 0 saturated heterocycles. The molecule has 1 N–H and O–H groups in total. The third-order valence-corrected chi connectivity index (χ3v) is 5.86. The molecule has 0 aliphatic carbocycles. The van der Waals surface area contributed by atoms with Crippen LogP contribution >= 0.6 is 0 Å². The first-order valence-corrected chi connectivity index (χ1v) is 10.4. The average Bonchev–Trinajstić information content (AvgIpc) is 3.11. The van der Waals surface area contributed by atoms with E-state index in [1.54, 1.807) is 54.6 Å². The molecule has 4 aromatic rings. The number of carbonyl (C=O) groups excluding carboxylic acids is 1. The maximum Gasteiger partial charge on any atom is 0.262 e. The normalized spacial score (nSPS) is 11.4. The second-order valence-electron chi connectivity index (χ2n) is 6.40. The zero-order chi connectivity index (χ0) is 21.3. The van der Waals surface area contributed by atoms with Crippen molar-refractivity contribution in [1.82, 2.24) is 0 Å². The van der Waals surface area contributed by atoms with Crippen molar-refractivity contribution >= 4 is 32.5 Å². The number of rotatable bonds is 6. The number of ketones is 1. The Labute approximate surface area is 172 Å². The number of nitrogens with one attached hydrogen (secondary N) is 1. The fourth-order valence-electron chi connectivity index (χ4n) is 3.03. The number of hydrogen-bond acceptors (Lipinski definition) is 5. The van der Waals surface area contributed by atoms with E-state index >= 15 is 0 Å². The summed E-state index contributed by atoms with van der Waals surface area (Å²) in [6.45, 7) is 0. The first-order valence-electron chi connectivity index (χ1n) is 8.88. The molecule has 0 radical (unpaired) electrons. The maximum absolute atomic E-state index is 14.1. The number of methoxy groups -OCH3 is 1. The largest absolute Gasteiger partial charge is 0.494 e. The van der Waals surface area contributed by atoms with Gasteiger partial charge in [0, 0.05) is 10.9 Å². The van der Waals surface area contributed by atoms with Gasteiger partial charge in [0.25, 0.3) is 10.0 Å². The predicted octanol–water partition coefficient (Wildman–Crippen LogP) is 4.61. The summed E-state index contributed by atoms with van der Waals surface area (Å²) in [5.74, 6) is -1.54. The van der Waals surface area contributed by atoms with Crippen molar-refractivity contribution in [2.45, 2.75) is 4.90 Å². The number of carbonyl (C=O) groups is 1. The van der Waals surface area contributed by atoms with Crippen molar-refractivity contribution in [1.29, 1.82) is 0 Å². The van der Waals surface area contributed by atoms with Gasteiger partial charge in [-0.1, -0.05) is 42.5 Å². The van der Waals surface area contributed by atoms with Gasteiger partial charge in [-0.15, -0.1) is 0 Å². The van der Waals surface area contributed by atoms with Crippen LogP contribution in [-0.2, 0) is 10.0 Å². The first-order chi connectivity index (χ1) is 14.4. The van der Waals surface area contributed by atoms with Gasteiger partial charge in [0.2, 0.25) is 5.78 Å². The van der Waals surface area contributed by atoms with Gasteiger partial charge in [0.05, 0.1) is 12.0 Å². The fourth-order valence-corrected chi connectivity index (χ4v) is 4.13. The van der Waals surface area contributed by atoms with E-state index in [0.717, 1.165) is 6.07 Å². The molecule has 152 valence electrons. The number of para-hydroxylation sites is 1. The fraction of sp³-hybridized carbons (Fsp3) is 0.0455. The summed E-state index contributed by atoms with van der Waals surface area (Å²) in [5.41, 5.74) is 0.679. The molecular weight excluding hydrogens is 409 g/mol. The number of furan rings is 1. The van der Waals surface area contributed by atoms with Gasteiger partial charge in [-0.3, -0.25) is 9.52 Å². The average molecular weight is 425 g/mol. The molecule has 0 saturated carbocycles. The van der Waals surface area contributed by atoms with Gasteiger partial charge < -0.3 is 9.15 Å². The number of hydrogen-bond donors (Lipinski definition) is 1. The van der Waals surface area contributed by atoms with Gasteiger partial charge in [0.1, 0.15) is 11.3 Å². The molecular formula is C22H16FNO5S. The van der Waals surface area contributed by atoms with Crippen molar-refractivity contribution in [3.8, 4) is 5.75 Å². The van der Waals surface area contributed by atoms with Crippen molar-refractivity contribution in [2.75, 3.05) is 11.8 Å². The molecule has 0 spiro atoms. The van der Waals surface area contributed by atoms with Crippen LogP contribution in [0.2, 0.25) is 0 Å². The van der Waals surface area contributed by atoms with E-state index < -0.39 is 21.6 Å². The minimum Gasteiger partial charge on any atom is -0.494 e. The second-order valence-corrected chi connectivity index (χ2v) is 8.08. The van der Waals surface area contributed by atoms with Crippen molar-refractivity contribution in [2.24, 2.45) is 0 Å². The molecule has 6 nitrogen and oxygen atoms in total. The van der Waals surface area contributed by atoms with E-state index in [4.69, 9.17) is 9.15 Å². The van der Waals surface area contributed by atoms with Crippen LogP contribution in [0.3, 0.4) is 0 Å². The zero-order valence-corrected chi connectivity index (χ0v) is 16.6. The Balaban J connectivity index is 1.82. The van der Waals surface area contributed by atoms with E-state index in [9.17, 15) is 17.6 Å². The highest BCUT2D eigenvalue weighted by molar-refractivity contribution is 7.92. The smallest absolute Gasteiger partial charge is 0.262 e. The molecule has 0 amide bonds. The lowest BCUT2D eigenvalue weighted by atomic mass is 10.1. The third-order valence-electron chi connectivity index (χ3n) is 4.51. The molecule has 3 aromatic carbocycles. The second kappa shape index (κ2) is 7.64. The number of ether oxygens (including phenoxy) is 1. The van der Waals surface area contributed by atoms with E-state index in [1.165, 1.54) is 19.2 Å². The Hall–Kier alpha value is -3.65. The summed E-state index contributed by atoms with van der Waals surface area (Å²) >= 11 is 0. The topological polar surface area (TPSA) is 85.6 Å². The number of halogens is 1. The summed E-state index contributed by atoms with van der Waals surface area (Å²) in [4.78, 5) is 12.7. The van der Waals surface area contributed by atoms with Crippen LogP contribution in [0.5, 0.6) is 5.75 Å². The lowest BCUT2D eigenvalue weighted by molar-refractivity contribution is 0.101. The van der Waals surface area contributed by atoms with Crippen molar-refractivity contribution in [3.63, 3.8) is 0 Å². The summed E-state index contributed by atoms with van der Waals surface area (Å²) in [7, 11) is -2.94. The lowest BCUT2D eigenvalue weighted by Crippen LogP contribution is -2.15. The summed E-state index contributed by atoms with van der Waals surface area (Å²) in [6.07, 6.45) is 0. The minimum absolute atomic E-state index is 0.00400. The summed E-state index contributed by atoms with van der Waals surface area (Å²) in [5, 5.41) is 0.411. The molecule has 1 heterocycles. The number of fused-ring (bicyclic) bond motifs is 1. The van der Waals surface area contributed by atoms with Crippen LogP contribution in [0.4, 0.5) is 10.1 Å². The molecule has 1 aromatic heterocycles. The van der Waals surface area contributed by atoms with E-state index in [1.807, 2.05) is 0 Å². The SMILES string of the molecule is COc1ccc(S(=O)(=O)Nc2c(C(=O)c3ccccc3)oc3ccccc23)cc1F. The summed E-state index contributed by atoms with van der Waals surface area (Å²) in [6, 6.07) is 18.3. The van der Waals surface area contributed by atoms with Gasteiger partial charge >= 0.3 is 0 Å². The third kappa shape index (κ3) is 3.53. The van der Waals surface area contributed by atoms with Gasteiger partial charge in [0.15, 0.2) is 17.3 Å². The molecule has 0 aliphatic rings. The zero-order valence-electron chi connectivity index (χ0n) is 15.8.